The minimum Gasteiger partial charge on any atom is -0.497 e. The van der Waals surface area contributed by atoms with Crippen molar-refractivity contribution in [2.45, 2.75) is 19.3 Å². The fourth-order valence-electron chi connectivity index (χ4n) is 3.24. The molecule has 0 saturated carbocycles. The summed E-state index contributed by atoms with van der Waals surface area (Å²) in [6.07, 6.45) is 2.45. The number of fused-ring (bicyclic) bond motifs is 1. The molecular weight excluding hydrogens is 352 g/mol. The Balaban J connectivity index is 2.26. The average molecular weight is 373 g/mol. The van der Waals surface area contributed by atoms with Crippen molar-refractivity contribution >= 4 is 28.5 Å². The van der Waals surface area contributed by atoms with Gasteiger partial charge in [-0.2, -0.15) is 0 Å². The number of unbranched alkanes of at least 4 members (excludes halogenated alkanes) is 1. The molecule has 1 heterocycles. The molecule has 0 bridgehead atoms. The molecule has 1 aromatic heterocycles. The molecule has 0 aliphatic rings. The summed E-state index contributed by atoms with van der Waals surface area (Å²) in [6.45, 7) is 0.601. The van der Waals surface area contributed by atoms with Gasteiger partial charge in [-0.25, -0.2) is 4.79 Å². The summed E-state index contributed by atoms with van der Waals surface area (Å²) in [4.78, 5) is 15.1. The predicted octanol–water partition coefficient (Wildman–Crippen LogP) is 4.48. The third-order valence-corrected chi connectivity index (χ3v) is 4.79. The lowest BCUT2D eigenvalue weighted by atomic mass is 9.97. The number of methoxy groups -OCH3 is 1. The summed E-state index contributed by atoms with van der Waals surface area (Å²) < 4.78 is 5.32. The molecule has 3 rings (SSSR count). The lowest BCUT2D eigenvalue weighted by Crippen LogP contribution is -2.01. The summed E-state index contributed by atoms with van der Waals surface area (Å²) in [5, 5.41) is 10.8. The van der Waals surface area contributed by atoms with E-state index >= 15 is 0 Å². The zero-order valence-corrected chi connectivity index (χ0v) is 15.3. The first-order valence-corrected chi connectivity index (χ1v) is 8.85. The first kappa shape index (κ1) is 18.3. The van der Waals surface area contributed by atoms with Gasteiger partial charge in [-0.15, -0.1) is 0 Å². The van der Waals surface area contributed by atoms with Crippen molar-refractivity contribution < 1.29 is 14.6 Å². The Hall–Kier alpha value is -2.50. The van der Waals surface area contributed by atoms with Crippen LogP contribution in [0, 0.1) is 0 Å². The fourth-order valence-corrected chi connectivity index (χ4v) is 3.44. The largest absolute Gasteiger partial charge is 0.497 e. The van der Waals surface area contributed by atoms with E-state index in [9.17, 15) is 9.90 Å². The number of carboxylic acid groups (broad SMARTS) is 1. The Bertz CT molecular complexity index is 950. The van der Waals surface area contributed by atoms with E-state index in [1.807, 2.05) is 24.3 Å². The van der Waals surface area contributed by atoms with E-state index in [0.29, 0.717) is 28.9 Å². The number of carboxylic acids is 1. The fraction of sp³-hybridized carbons (Fsp3) is 0.250. The number of rotatable bonds is 7. The van der Waals surface area contributed by atoms with Crippen LogP contribution in [0.4, 0.5) is 0 Å². The third-order valence-electron chi connectivity index (χ3n) is 4.48. The van der Waals surface area contributed by atoms with Crippen molar-refractivity contribution in [3.63, 3.8) is 0 Å². The number of ether oxygens (including phenoxy) is 1. The number of aromatic amines is 1. The number of aryl methyl sites for hydroxylation is 1. The smallest absolute Gasteiger partial charge is 0.336 e. The highest BCUT2D eigenvalue weighted by atomic mass is 35.5. The van der Waals surface area contributed by atoms with Gasteiger partial charge in [0.15, 0.2) is 0 Å². The van der Waals surface area contributed by atoms with Gasteiger partial charge in [0, 0.05) is 16.6 Å². The summed E-state index contributed by atoms with van der Waals surface area (Å²) >= 11 is 6.36. The molecule has 0 atom stereocenters. The first-order valence-electron chi connectivity index (χ1n) is 8.47. The van der Waals surface area contributed by atoms with Gasteiger partial charge in [0.25, 0.3) is 0 Å². The summed E-state index contributed by atoms with van der Waals surface area (Å²) in [5.74, 6) is -0.235. The number of carbonyl (C=O) groups is 1. The van der Waals surface area contributed by atoms with E-state index in [1.54, 1.807) is 19.2 Å². The van der Waals surface area contributed by atoms with Gasteiger partial charge in [0.05, 0.1) is 23.2 Å². The van der Waals surface area contributed by atoms with Crippen LogP contribution in [0.15, 0.2) is 36.4 Å². The van der Waals surface area contributed by atoms with Crippen LogP contribution >= 0.6 is 11.6 Å². The Labute approximate surface area is 156 Å². The van der Waals surface area contributed by atoms with E-state index in [1.165, 1.54) is 0 Å². The van der Waals surface area contributed by atoms with Crippen molar-refractivity contribution in [2.75, 3.05) is 13.7 Å². The van der Waals surface area contributed by atoms with Crippen LogP contribution in [0.3, 0.4) is 0 Å². The van der Waals surface area contributed by atoms with Crippen LogP contribution in [-0.2, 0) is 6.42 Å². The minimum absolute atomic E-state index is 0.248. The molecule has 2 aromatic carbocycles. The second kappa shape index (κ2) is 7.81. The standard InChI is InChI=1S/C20H21ClN2O3/c1-26-13-6-4-5-12(11-13)18-14(7-2-3-10-22)17-15(20(24)25)8-9-16(21)19(17)23-18/h4-6,8-9,11,23H,2-3,7,10,22H2,1H3,(H,24,25). The number of aromatic carboxylic acids is 1. The lowest BCUT2D eigenvalue weighted by molar-refractivity contribution is 0.0699. The lowest BCUT2D eigenvalue weighted by Gasteiger charge is -2.08. The second-order valence-corrected chi connectivity index (χ2v) is 6.51. The summed E-state index contributed by atoms with van der Waals surface area (Å²) in [7, 11) is 1.62. The Morgan fingerprint density at radius 1 is 1.27 bits per heavy atom. The highest BCUT2D eigenvalue weighted by Crippen LogP contribution is 2.37. The van der Waals surface area contributed by atoms with Crippen LogP contribution in [0.25, 0.3) is 22.2 Å². The molecule has 3 aromatic rings. The molecule has 5 nitrogen and oxygen atoms in total. The molecular formula is C20H21ClN2O3. The van der Waals surface area contributed by atoms with E-state index in [0.717, 1.165) is 35.4 Å². The number of nitrogens with two attached hydrogens (primary N) is 1. The van der Waals surface area contributed by atoms with Crippen LogP contribution in [-0.4, -0.2) is 29.7 Å². The van der Waals surface area contributed by atoms with Gasteiger partial charge < -0.3 is 20.6 Å². The summed E-state index contributed by atoms with van der Waals surface area (Å²) in [5.41, 5.74) is 9.26. The number of halogens is 1. The quantitative estimate of drug-likeness (QED) is 0.533. The Kier molecular flexibility index (Phi) is 5.49. The molecule has 0 radical (unpaired) electrons. The molecule has 26 heavy (non-hydrogen) atoms. The molecule has 0 aliphatic carbocycles. The second-order valence-electron chi connectivity index (χ2n) is 6.11. The van der Waals surface area contributed by atoms with Crippen molar-refractivity contribution in [1.82, 2.24) is 4.98 Å². The molecule has 0 saturated heterocycles. The monoisotopic (exact) mass is 372 g/mol. The van der Waals surface area contributed by atoms with Crippen LogP contribution in [0.2, 0.25) is 5.02 Å². The Morgan fingerprint density at radius 3 is 2.77 bits per heavy atom. The van der Waals surface area contributed by atoms with Crippen molar-refractivity contribution in [2.24, 2.45) is 5.73 Å². The minimum atomic E-state index is -0.970. The zero-order valence-electron chi connectivity index (χ0n) is 14.5. The molecule has 4 N–H and O–H groups in total. The first-order chi connectivity index (χ1) is 12.6. The van der Waals surface area contributed by atoms with Gasteiger partial charge >= 0.3 is 5.97 Å². The molecule has 0 unspecified atom stereocenters. The van der Waals surface area contributed by atoms with Gasteiger partial charge in [-0.05, 0) is 55.6 Å². The molecule has 136 valence electrons. The molecule has 6 heteroatoms. The molecule has 0 aliphatic heterocycles. The van der Waals surface area contributed by atoms with E-state index in [-0.39, 0.29) is 5.56 Å². The molecule has 0 amide bonds. The number of hydrogen-bond donors (Lipinski definition) is 3. The number of hydrogen-bond acceptors (Lipinski definition) is 3. The zero-order chi connectivity index (χ0) is 18.7. The third kappa shape index (κ3) is 3.41. The number of H-pyrrole nitrogens is 1. The van der Waals surface area contributed by atoms with Crippen LogP contribution < -0.4 is 10.5 Å². The van der Waals surface area contributed by atoms with Crippen molar-refractivity contribution in [1.29, 1.82) is 0 Å². The predicted molar refractivity (Wildman–Crippen MR) is 104 cm³/mol. The highest BCUT2D eigenvalue weighted by molar-refractivity contribution is 6.36. The van der Waals surface area contributed by atoms with E-state index in [2.05, 4.69) is 4.98 Å². The normalized spacial score (nSPS) is 11.0. The van der Waals surface area contributed by atoms with E-state index in [4.69, 9.17) is 22.1 Å². The maximum absolute atomic E-state index is 11.8. The SMILES string of the molecule is COc1cccc(-c2[nH]c3c(Cl)ccc(C(=O)O)c3c2CCCCN)c1. The number of nitrogens with one attached hydrogen (secondary N) is 1. The van der Waals surface area contributed by atoms with Crippen molar-refractivity contribution in [3.8, 4) is 17.0 Å². The molecule has 0 spiro atoms. The van der Waals surface area contributed by atoms with Gasteiger partial charge in [0.2, 0.25) is 0 Å². The Morgan fingerprint density at radius 2 is 2.08 bits per heavy atom. The number of benzene rings is 2. The maximum Gasteiger partial charge on any atom is 0.336 e. The van der Waals surface area contributed by atoms with E-state index < -0.39 is 5.97 Å². The highest BCUT2D eigenvalue weighted by Gasteiger charge is 2.21. The topological polar surface area (TPSA) is 88.3 Å². The number of aromatic nitrogens is 1. The summed E-state index contributed by atoms with van der Waals surface area (Å²) in [6, 6.07) is 10.8. The van der Waals surface area contributed by atoms with Gasteiger partial charge in [-0.1, -0.05) is 23.7 Å². The van der Waals surface area contributed by atoms with Gasteiger partial charge in [0.1, 0.15) is 5.75 Å². The molecule has 0 fully saturated rings. The van der Waals surface area contributed by atoms with Crippen LogP contribution in [0.5, 0.6) is 5.75 Å². The average Bonchev–Trinajstić information content (AvgIpc) is 3.02. The maximum atomic E-state index is 11.8. The van der Waals surface area contributed by atoms with Gasteiger partial charge in [-0.3, -0.25) is 0 Å². The van der Waals surface area contributed by atoms with Crippen molar-refractivity contribution in [3.05, 3.63) is 52.5 Å². The van der Waals surface area contributed by atoms with Crippen LogP contribution in [0.1, 0.15) is 28.8 Å².